The zero-order chi connectivity index (χ0) is 13.9. The fraction of sp³-hybridized carbons (Fsp3) is 0.562. The minimum Gasteiger partial charge on any atom is -0.351 e. The van der Waals surface area contributed by atoms with Gasteiger partial charge in [0.05, 0.1) is 0 Å². The molecule has 1 aliphatic rings. The number of alkyl halides is 1. The summed E-state index contributed by atoms with van der Waals surface area (Å²) in [5.74, 6) is 0.320. The smallest absolute Gasteiger partial charge is 0.224 e. The van der Waals surface area contributed by atoms with Crippen molar-refractivity contribution >= 4 is 21.8 Å². The van der Waals surface area contributed by atoms with E-state index >= 15 is 0 Å². The molecule has 0 aromatic heterocycles. The number of benzene rings is 1. The van der Waals surface area contributed by atoms with Crippen LogP contribution in [0.25, 0.3) is 0 Å². The number of fused-ring (bicyclic) bond motifs is 1. The van der Waals surface area contributed by atoms with Crippen molar-refractivity contribution in [3.63, 3.8) is 0 Å². The van der Waals surface area contributed by atoms with E-state index < -0.39 is 0 Å². The molecule has 0 heterocycles. The Kier molecular flexibility index (Phi) is 4.67. The molecular formula is C16H22BrNO. The lowest BCUT2D eigenvalue weighted by molar-refractivity contribution is -0.126. The number of rotatable bonds is 5. The summed E-state index contributed by atoms with van der Waals surface area (Å²) in [6.07, 6.45) is 3.70. The van der Waals surface area contributed by atoms with Crippen LogP contribution < -0.4 is 5.32 Å². The average Bonchev–Trinajstić information content (AvgIpc) is 2.83. The number of halogens is 1. The maximum Gasteiger partial charge on any atom is 0.224 e. The van der Waals surface area contributed by atoms with E-state index in [1.54, 1.807) is 0 Å². The van der Waals surface area contributed by atoms with Crippen molar-refractivity contribution in [2.75, 3.05) is 5.33 Å². The molecular weight excluding hydrogens is 302 g/mol. The molecule has 1 aromatic carbocycles. The molecule has 0 radical (unpaired) electrons. The fourth-order valence-electron chi connectivity index (χ4n) is 2.68. The lowest BCUT2D eigenvalue weighted by Gasteiger charge is -2.30. The molecule has 1 aliphatic carbocycles. The Bertz CT molecular complexity index is 435. The Labute approximate surface area is 124 Å². The summed E-state index contributed by atoms with van der Waals surface area (Å²) >= 11 is 3.47. The molecule has 0 fully saturated rings. The van der Waals surface area contributed by atoms with Gasteiger partial charge in [0.1, 0.15) is 0 Å². The molecule has 2 rings (SSSR count). The molecule has 2 nitrogen and oxygen atoms in total. The molecule has 0 saturated heterocycles. The fourth-order valence-corrected chi connectivity index (χ4v) is 3.56. The third kappa shape index (κ3) is 3.38. The summed E-state index contributed by atoms with van der Waals surface area (Å²) in [5.41, 5.74) is 2.58. The van der Waals surface area contributed by atoms with E-state index in [-0.39, 0.29) is 17.4 Å². The van der Waals surface area contributed by atoms with Gasteiger partial charge < -0.3 is 5.32 Å². The quantitative estimate of drug-likeness (QED) is 0.826. The molecule has 19 heavy (non-hydrogen) atoms. The van der Waals surface area contributed by atoms with E-state index in [4.69, 9.17) is 0 Å². The maximum atomic E-state index is 12.4. The lowest BCUT2D eigenvalue weighted by Crippen LogP contribution is -2.48. The van der Waals surface area contributed by atoms with Gasteiger partial charge in [-0.15, -0.1) is 0 Å². The first kappa shape index (κ1) is 14.6. The zero-order valence-corrected chi connectivity index (χ0v) is 13.3. The van der Waals surface area contributed by atoms with E-state index in [1.165, 1.54) is 11.1 Å². The van der Waals surface area contributed by atoms with Crippen LogP contribution in [0, 0.1) is 5.92 Å². The van der Waals surface area contributed by atoms with Crippen molar-refractivity contribution in [3.8, 4) is 0 Å². The van der Waals surface area contributed by atoms with Crippen molar-refractivity contribution in [1.29, 1.82) is 0 Å². The number of nitrogens with one attached hydrogen (secondary N) is 1. The third-order valence-corrected chi connectivity index (χ3v) is 4.67. The highest BCUT2D eigenvalue weighted by molar-refractivity contribution is 9.09. The maximum absolute atomic E-state index is 12.4. The van der Waals surface area contributed by atoms with Gasteiger partial charge in [-0.3, -0.25) is 4.79 Å². The SMILES string of the molecule is CCC(C)(CCBr)NC(=O)C1Cc2ccccc2C1. The summed E-state index contributed by atoms with van der Waals surface area (Å²) in [6.45, 7) is 4.26. The Morgan fingerprint density at radius 1 is 1.37 bits per heavy atom. The Hall–Kier alpha value is -0.830. The minimum absolute atomic E-state index is 0.0879. The van der Waals surface area contributed by atoms with E-state index in [0.717, 1.165) is 31.0 Å². The number of carbonyl (C=O) groups excluding carboxylic acids is 1. The summed E-state index contributed by atoms with van der Waals surface area (Å²) in [5, 5.41) is 4.17. The van der Waals surface area contributed by atoms with Gasteiger partial charge in [0.2, 0.25) is 5.91 Å². The standard InChI is InChI=1S/C16H22BrNO/c1-3-16(2,8-9-17)18-15(19)14-10-12-6-4-5-7-13(12)11-14/h4-7,14H,3,8-11H2,1-2H3,(H,18,19). The van der Waals surface area contributed by atoms with Crippen LogP contribution in [0.1, 0.15) is 37.8 Å². The van der Waals surface area contributed by atoms with Gasteiger partial charge in [0, 0.05) is 16.8 Å². The average molecular weight is 324 g/mol. The molecule has 1 unspecified atom stereocenters. The number of carbonyl (C=O) groups is 1. The van der Waals surface area contributed by atoms with Crippen molar-refractivity contribution in [3.05, 3.63) is 35.4 Å². The van der Waals surface area contributed by atoms with Gasteiger partial charge in [-0.25, -0.2) is 0 Å². The van der Waals surface area contributed by atoms with Crippen LogP contribution in [0.15, 0.2) is 24.3 Å². The molecule has 104 valence electrons. The van der Waals surface area contributed by atoms with Crippen LogP contribution in [0.3, 0.4) is 0 Å². The van der Waals surface area contributed by atoms with Crippen LogP contribution in [0.4, 0.5) is 0 Å². The molecule has 0 saturated carbocycles. The second kappa shape index (κ2) is 6.08. The molecule has 3 heteroatoms. The first-order valence-electron chi connectivity index (χ1n) is 7.03. The summed E-state index contributed by atoms with van der Waals surface area (Å²) in [6, 6.07) is 8.39. The molecule has 0 aliphatic heterocycles. The predicted molar refractivity (Wildman–Crippen MR) is 82.6 cm³/mol. The monoisotopic (exact) mass is 323 g/mol. The first-order valence-corrected chi connectivity index (χ1v) is 8.15. The van der Waals surface area contributed by atoms with Crippen LogP contribution in [0.5, 0.6) is 0 Å². The van der Waals surface area contributed by atoms with Crippen LogP contribution in [0.2, 0.25) is 0 Å². The van der Waals surface area contributed by atoms with Crippen LogP contribution in [-0.4, -0.2) is 16.8 Å². The van der Waals surface area contributed by atoms with Crippen molar-refractivity contribution < 1.29 is 4.79 Å². The summed E-state index contributed by atoms with van der Waals surface area (Å²) in [7, 11) is 0. The van der Waals surface area contributed by atoms with Gasteiger partial charge >= 0.3 is 0 Å². The molecule has 1 N–H and O–H groups in total. The van der Waals surface area contributed by atoms with Crippen LogP contribution >= 0.6 is 15.9 Å². The summed E-state index contributed by atoms with van der Waals surface area (Å²) < 4.78 is 0. The van der Waals surface area contributed by atoms with Gasteiger partial charge in [-0.1, -0.05) is 47.1 Å². The highest BCUT2D eigenvalue weighted by Crippen LogP contribution is 2.27. The third-order valence-electron chi connectivity index (χ3n) is 4.27. The minimum atomic E-state index is -0.0879. The number of hydrogen-bond acceptors (Lipinski definition) is 1. The molecule has 1 atom stereocenters. The lowest BCUT2D eigenvalue weighted by atomic mass is 9.93. The second-order valence-corrected chi connectivity index (χ2v) is 6.51. The number of amides is 1. The van der Waals surface area contributed by atoms with Crippen molar-refractivity contribution in [1.82, 2.24) is 5.32 Å². The first-order chi connectivity index (χ1) is 9.08. The normalized spacial score (nSPS) is 17.8. The van der Waals surface area contributed by atoms with E-state index in [9.17, 15) is 4.79 Å². The number of hydrogen-bond donors (Lipinski definition) is 1. The molecule has 0 bridgehead atoms. The van der Waals surface area contributed by atoms with Gasteiger partial charge in [0.25, 0.3) is 0 Å². The molecule has 1 amide bonds. The van der Waals surface area contributed by atoms with Gasteiger partial charge in [-0.05, 0) is 43.7 Å². The van der Waals surface area contributed by atoms with E-state index in [2.05, 4.69) is 59.4 Å². The Morgan fingerprint density at radius 3 is 2.42 bits per heavy atom. The largest absolute Gasteiger partial charge is 0.351 e. The predicted octanol–water partition coefficient (Wildman–Crippen LogP) is 3.47. The topological polar surface area (TPSA) is 29.1 Å². The highest BCUT2D eigenvalue weighted by atomic mass is 79.9. The Balaban J connectivity index is 1.99. The highest BCUT2D eigenvalue weighted by Gasteiger charge is 2.31. The molecule has 0 spiro atoms. The van der Waals surface area contributed by atoms with E-state index in [0.29, 0.717) is 0 Å². The van der Waals surface area contributed by atoms with Crippen molar-refractivity contribution in [2.45, 2.75) is 45.1 Å². The van der Waals surface area contributed by atoms with Crippen LogP contribution in [-0.2, 0) is 17.6 Å². The van der Waals surface area contributed by atoms with Gasteiger partial charge in [0.15, 0.2) is 0 Å². The van der Waals surface area contributed by atoms with E-state index in [1.807, 2.05) is 0 Å². The van der Waals surface area contributed by atoms with Crippen molar-refractivity contribution in [2.24, 2.45) is 5.92 Å². The summed E-state index contributed by atoms with van der Waals surface area (Å²) in [4.78, 5) is 12.4. The van der Waals surface area contributed by atoms with Gasteiger partial charge in [-0.2, -0.15) is 0 Å². The zero-order valence-electron chi connectivity index (χ0n) is 11.7. The Morgan fingerprint density at radius 2 is 1.95 bits per heavy atom. The molecule has 1 aromatic rings. The second-order valence-electron chi connectivity index (χ2n) is 5.72.